The highest BCUT2D eigenvalue weighted by Gasteiger charge is 2.26. The van der Waals surface area contributed by atoms with Crippen molar-refractivity contribution in [3.63, 3.8) is 0 Å². The van der Waals surface area contributed by atoms with Gasteiger partial charge in [0, 0.05) is 30.1 Å². The number of benzene rings is 1. The van der Waals surface area contributed by atoms with E-state index in [1.54, 1.807) is 0 Å². The summed E-state index contributed by atoms with van der Waals surface area (Å²) in [5.74, 6) is 0. The number of amides is 1. The van der Waals surface area contributed by atoms with Crippen LogP contribution in [0.2, 0.25) is 0 Å². The van der Waals surface area contributed by atoms with Crippen LogP contribution in [0.15, 0.2) is 28.7 Å². The molecule has 1 fully saturated rings. The third-order valence-corrected chi connectivity index (χ3v) is 3.78. The lowest BCUT2D eigenvalue weighted by atomic mass is 10.2. The molecular weight excluding hydrogens is 332 g/mol. The minimum absolute atomic E-state index is 0.173. The van der Waals surface area contributed by atoms with Crippen LogP contribution >= 0.6 is 15.9 Å². The van der Waals surface area contributed by atoms with E-state index in [-0.39, 0.29) is 12.1 Å². The van der Waals surface area contributed by atoms with Crippen molar-refractivity contribution in [1.29, 1.82) is 0 Å². The van der Waals surface area contributed by atoms with Crippen LogP contribution in [0, 0.1) is 0 Å². The Labute approximate surface area is 135 Å². The molecule has 1 atom stereocenters. The van der Waals surface area contributed by atoms with Gasteiger partial charge in [0.1, 0.15) is 5.60 Å². The zero-order chi connectivity index (χ0) is 15.5. The van der Waals surface area contributed by atoms with E-state index in [2.05, 4.69) is 38.3 Å². The Hall–Kier alpha value is -1.07. The average Bonchev–Trinajstić information content (AvgIpc) is 2.73. The number of alkyl carbamates (subject to hydrolysis) is 1. The highest BCUT2D eigenvalue weighted by atomic mass is 79.9. The van der Waals surface area contributed by atoms with Crippen molar-refractivity contribution in [2.24, 2.45) is 0 Å². The molecule has 1 amide bonds. The van der Waals surface area contributed by atoms with E-state index in [1.165, 1.54) is 5.56 Å². The highest BCUT2D eigenvalue weighted by molar-refractivity contribution is 9.10. The third-order valence-electron chi connectivity index (χ3n) is 3.29. The first kappa shape index (κ1) is 16.3. The number of nitrogens with zero attached hydrogens (tertiary/aromatic N) is 1. The fourth-order valence-electron chi connectivity index (χ4n) is 2.46. The summed E-state index contributed by atoms with van der Waals surface area (Å²) >= 11 is 3.49. The summed E-state index contributed by atoms with van der Waals surface area (Å²) in [6.45, 7) is 8.40. The Morgan fingerprint density at radius 3 is 2.90 bits per heavy atom. The maximum absolute atomic E-state index is 11.8. The van der Waals surface area contributed by atoms with E-state index in [0.717, 1.165) is 30.5 Å². The molecule has 21 heavy (non-hydrogen) atoms. The first-order valence-corrected chi connectivity index (χ1v) is 8.07. The van der Waals surface area contributed by atoms with Gasteiger partial charge < -0.3 is 10.1 Å². The predicted octanol–water partition coefficient (Wildman–Crippen LogP) is 3.55. The largest absolute Gasteiger partial charge is 0.444 e. The van der Waals surface area contributed by atoms with Gasteiger partial charge in [-0.1, -0.05) is 28.1 Å². The molecule has 116 valence electrons. The molecule has 1 aromatic rings. The first-order valence-electron chi connectivity index (χ1n) is 7.28. The van der Waals surface area contributed by atoms with Gasteiger partial charge in [-0.25, -0.2) is 4.79 Å². The first-order chi connectivity index (χ1) is 9.82. The van der Waals surface area contributed by atoms with Gasteiger partial charge in [-0.15, -0.1) is 0 Å². The fraction of sp³-hybridized carbons (Fsp3) is 0.562. The van der Waals surface area contributed by atoms with Gasteiger partial charge in [0.05, 0.1) is 0 Å². The molecule has 0 radical (unpaired) electrons. The van der Waals surface area contributed by atoms with E-state index in [9.17, 15) is 4.79 Å². The van der Waals surface area contributed by atoms with Gasteiger partial charge in [-0.2, -0.15) is 0 Å². The van der Waals surface area contributed by atoms with E-state index in [4.69, 9.17) is 4.74 Å². The second-order valence-electron chi connectivity index (χ2n) is 6.50. The zero-order valence-corrected chi connectivity index (χ0v) is 14.4. The number of halogens is 1. The topological polar surface area (TPSA) is 41.6 Å². The van der Waals surface area contributed by atoms with Crippen molar-refractivity contribution < 1.29 is 9.53 Å². The number of nitrogens with one attached hydrogen (secondary N) is 1. The van der Waals surface area contributed by atoms with Crippen molar-refractivity contribution in [2.75, 3.05) is 13.1 Å². The molecule has 4 nitrogen and oxygen atoms in total. The van der Waals surface area contributed by atoms with E-state index >= 15 is 0 Å². The van der Waals surface area contributed by atoms with Crippen LogP contribution in [0.5, 0.6) is 0 Å². The van der Waals surface area contributed by atoms with Crippen LogP contribution in [-0.2, 0) is 11.3 Å². The Balaban J connectivity index is 1.80. The molecule has 1 aliphatic heterocycles. The molecule has 1 heterocycles. The summed E-state index contributed by atoms with van der Waals surface area (Å²) in [4.78, 5) is 14.1. The summed E-state index contributed by atoms with van der Waals surface area (Å²) in [5, 5.41) is 2.95. The minimum atomic E-state index is -0.446. The number of carbonyl (C=O) groups is 1. The van der Waals surface area contributed by atoms with Crippen LogP contribution in [0.4, 0.5) is 4.79 Å². The van der Waals surface area contributed by atoms with Crippen LogP contribution in [0.3, 0.4) is 0 Å². The van der Waals surface area contributed by atoms with Crippen molar-refractivity contribution in [1.82, 2.24) is 10.2 Å². The molecular formula is C16H23BrN2O2. The van der Waals surface area contributed by atoms with Crippen LogP contribution in [-0.4, -0.2) is 35.7 Å². The van der Waals surface area contributed by atoms with Crippen LogP contribution < -0.4 is 5.32 Å². The Morgan fingerprint density at radius 1 is 1.48 bits per heavy atom. The smallest absolute Gasteiger partial charge is 0.407 e. The zero-order valence-electron chi connectivity index (χ0n) is 12.9. The standard InChI is InChI=1S/C16H23BrN2O2/c1-16(2,3)21-15(20)18-14-7-8-19(11-14)10-12-5-4-6-13(17)9-12/h4-6,9,14H,7-8,10-11H2,1-3H3,(H,18,20)/t14-/m0/s1. The number of ether oxygens (including phenoxy) is 1. The fourth-order valence-corrected chi connectivity index (χ4v) is 2.91. The maximum atomic E-state index is 11.8. The van der Waals surface area contributed by atoms with Gasteiger partial charge in [0.25, 0.3) is 0 Å². The molecule has 0 saturated carbocycles. The van der Waals surface area contributed by atoms with Gasteiger partial charge in [0.2, 0.25) is 0 Å². The molecule has 2 rings (SSSR count). The molecule has 1 aromatic carbocycles. The van der Waals surface area contributed by atoms with Gasteiger partial charge in [-0.05, 0) is 44.9 Å². The number of rotatable bonds is 3. The number of hydrogen-bond donors (Lipinski definition) is 1. The lowest BCUT2D eigenvalue weighted by molar-refractivity contribution is 0.0506. The molecule has 0 spiro atoms. The van der Waals surface area contributed by atoms with Crippen LogP contribution in [0.1, 0.15) is 32.8 Å². The molecule has 5 heteroatoms. The molecule has 0 unspecified atom stereocenters. The third kappa shape index (κ3) is 5.67. The van der Waals surface area contributed by atoms with Gasteiger partial charge in [-0.3, -0.25) is 4.90 Å². The normalized spacial score (nSPS) is 19.5. The molecule has 0 bridgehead atoms. The number of hydrogen-bond acceptors (Lipinski definition) is 3. The Bertz CT molecular complexity index is 499. The SMILES string of the molecule is CC(C)(C)OC(=O)N[C@H]1CCN(Cc2cccc(Br)c2)C1. The average molecular weight is 355 g/mol. The summed E-state index contributed by atoms with van der Waals surface area (Å²) in [5.41, 5.74) is 0.834. The van der Waals surface area contributed by atoms with Crippen molar-refractivity contribution in [2.45, 2.75) is 45.4 Å². The second kappa shape index (κ2) is 6.79. The predicted molar refractivity (Wildman–Crippen MR) is 87.2 cm³/mol. The second-order valence-corrected chi connectivity index (χ2v) is 7.41. The lowest BCUT2D eigenvalue weighted by Gasteiger charge is -2.22. The minimum Gasteiger partial charge on any atom is -0.444 e. The van der Waals surface area contributed by atoms with Crippen molar-refractivity contribution >= 4 is 22.0 Å². The Kier molecular flexibility index (Phi) is 5.27. The van der Waals surface area contributed by atoms with Crippen molar-refractivity contribution in [3.05, 3.63) is 34.3 Å². The van der Waals surface area contributed by atoms with Crippen LogP contribution in [0.25, 0.3) is 0 Å². The Morgan fingerprint density at radius 2 is 2.24 bits per heavy atom. The van der Waals surface area contributed by atoms with E-state index < -0.39 is 5.60 Å². The summed E-state index contributed by atoms with van der Waals surface area (Å²) in [6, 6.07) is 8.51. The number of carbonyl (C=O) groups excluding carboxylic acids is 1. The summed E-state index contributed by atoms with van der Waals surface area (Å²) in [6.07, 6.45) is 0.643. The molecule has 0 aliphatic carbocycles. The van der Waals surface area contributed by atoms with Gasteiger partial charge in [0.15, 0.2) is 0 Å². The lowest BCUT2D eigenvalue weighted by Crippen LogP contribution is -2.40. The quantitative estimate of drug-likeness (QED) is 0.902. The van der Waals surface area contributed by atoms with Crippen molar-refractivity contribution in [3.8, 4) is 0 Å². The van der Waals surface area contributed by atoms with Gasteiger partial charge >= 0.3 is 6.09 Å². The van der Waals surface area contributed by atoms with E-state index in [1.807, 2.05) is 32.9 Å². The molecule has 1 saturated heterocycles. The monoisotopic (exact) mass is 354 g/mol. The highest BCUT2D eigenvalue weighted by Crippen LogP contribution is 2.17. The number of likely N-dealkylation sites (tertiary alicyclic amines) is 1. The molecule has 1 N–H and O–H groups in total. The maximum Gasteiger partial charge on any atom is 0.407 e. The summed E-state index contributed by atoms with van der Waals surface area (Å²) in [7, 11) is 0. The molecule has 1 aliphatic rings. The molecule has 0 aromatic heterocycles. The summed E-state index contributed by atoms with van der Waals surface area (Å²) < 4.78 is 6.39. The van der Waals surface area contributed by atoms with E-state index in [0.29, 0.717) is 0 Å².